The fraction of sp³-hybridized carbons (Fsp3) is 0.857. The van der Waals surface area contributed by atoms with Gasteiger partial charge in [-0.2, -0.15) is 0 Å². The van der Waals surface area contributed by atoms with Gasteiger partial charge in [0.25, 0.3) is 0 Å². The van der Waals surface area contributed by atoms with Crippen LogP contribution in [-0.2, 0) is 9.59 Å². The topological polar surface area (TPSA) is 84.2 Å². The molecule has 19 heavy (non-hydrogen) atoms. The van der Waals surface area contributed by atoms with Crippen molar-refractivity contribution in [3.8, 4) is 0 Å². The molecule has 0 saturated carbocycles. The van der Waals surface area contributed by atoms with Gasteiger partial charge in [-0.15, -0.1) is 0 Å². The van der Waals surface area contributed by atoms with Crippen LogP contribution >= 0.6 is 0 Å². The fourth-order valence-electron chi connectivity index (χ4n) is 1.91. The quantitative estimate of drug-likeness (QED) is 0.674. The molecule has 0 radical (unpaired) electrons. The molecule has 2 amide bonds. The lowest BCUT2D eigenvalue weighted by atomic mass is 9.87. The molecule has 5 heteroatoms. The lowest BCUT2D eigenvalue weighted by Crippen LogP contribution is -2.44. The Hall–Kier alpha value is -1.10. The molecule has 0 aromatic heterocycles. The highest BCUT2D eigenvalue weighted by atomic mass is 16.2. The predicted molar refractivity (Wildman–Crippen MR) is 77.5 cm³/mol. The second-order valence-electron chi connectivity index (χ2n) is 6.97. The number of nitrogens with one attached hydrogen (secondary N) is 2. The molecule has 4 N–H and O–H groups in total. The van der Waals surface area contributed by atoms with Crippen molar-refractivity contribution >= 4 is 11.8 Å². The molecular formula is C14H29N3O2. The molecule has 112 valence electrons. The van der Waals surface area contributed by atoms with E-state index < -0.39 is 5.41 Å². The number of hydrogen-bond acceptors (Lipinski definition) is 3. The summed E-state index contributed by atoms with van der Waals surface area (Å²) in [5.41, 5.74) is 5.45. The average Bonchev–Trinajstić information content (AvgIpc) is 2.22. The van der Waals surface area contributed by atoms with E-state index in [0.717, 1.165) is 6.42 Å². The summed E-state index contributed by atoms with van der Waals surface area (Å²) in [7, 11) is 1.59. The summed E-state index contributed by atoms with van der Waals surface area (Å²) in [5, 5.41) is 5.36. The van der Waals surface area contributed by atoms with Crippen molar-refractivity contribution in [2.75, 3.05) is 13.6 Å². The molecule has 0 bridgehead atoms. The van der Waals surface area contributed by atoms with Gasteiger partial charge >= 0.3 is 0 Å². The second-order valence-corrected chi connectivity index (χ2v) is 6.97. The Morgan fingerprint density at radius 2 is 1.68 bits per heavy atom. The zero-order valence-electron chi connectivity index (χ0n) is 13.1. The van der Waals surface area contributed by atoms with Gasteiger partial charge in [-0.1, -0.05) is 20.8 Å². The van der Waals surface area contributed by atoms with E-state index in [1.807, 2.05) is 0 Å². The molecular weight excluding hydrogens is 242 g/mol. The third kappa shape index (κ3) is 7.82. The van der Waals surface area contributed by atoms with Crippen molar-refractivity contribution in [1.29, 1.82) is 0 Å². The van der Waals surface area contributed by atoms with Gasteiger partial charge in [0.15, 0.2) is 0 Å². The number of amides is 2. The summed E-state index contributed by atoms with van der Waals surface area (Å²) < 4.78 is 0. The number of carbonyl (C=O) groups excluding carboxylic acids is 2. The van der Waals surface area contributed by atoms with Gasteiger partial charge in [0.1, 0.15) is 0 Å². The molecule has 5 nitrogen and oxygen atoms in total. The fourth-order valence-corrected chi connectivity index (χ4v) is 1.91. The molecule has 0 aliphatic carbocycles. The molecule has 0 saturated heterocycles. The molecule has 0 aliphatic rings. The van der Waals surface area contributed by atoms with Crippen molar-refractivity contribution in [2.45, 2.75) is 53.5 Å². The first kappa shape index (κ1) is 17.9. The van der Waals surface area contributed by atoms with E-state index in [2.05, 4.69) is 31.4 Å². The molecule has 0 aromatic rings. The molecule has 0 aromatic carbocycles. The van der Waals surface area contributed by atoms with Gasteiger partial charge in [-0.25, -0.2) is 0 Å². The first-order chi connectivity index (χ1) is 8.48. The third-order valence-electron chi connectivity index (χ3n) is 2.89. The van der Waals surface area contributed by atoms with Crippen molar-refractivity contribution in [3.63, 3.8) is 0 Å². The molecule has 0 spiro atoms. The van der Waals surface area contributed by atoms with E-state index in [0.29, 0.717) is 13.0 Å². The molecule has 0 rings (SSSR count). The summed E-state index contributed by atoms with van der Waals surface area (Å²) in [6, 6.07) is -0.150. The maximum Gasteiger partial charge on any atom is 0.227 e. The SMILES string of the molecule is CNC(=O)C(C)(C)CNC(=O)CC(N)CC(C)(C)C. The van der Waals surface area contributed by atoms with Crippen LogP contribution in [0.3, 0.4) is 0 Å². The van der Waals surface area contributed by atoms with Crippen LogP contribution in [0.2, 0.25) is 0 Å². The van der Waals surface area contributed by atoms with Crippen molar-refractivity contribution < 1.29 is 9.59 Å². The highest BCUT2D eigenvalue weighted by Gasteiger charge is 2.27. The van der Waals surface area contributed by atoms with Crippen molar-refractivity contribution in [2.24, 2.45) is 16.6 Å². The highest BCUT2D eigenvalue weighted by Crippen LogP contribution is 2.21. The summed E-state index contributed by atoms with van der Waals surface area (Å²) >= 11 is 0. The van der Waals surface area contributed by atoms with Crippen LogP contribution in [-0.4, -0.2) is 31.4 Å². The Labute approximate surface area is 116 Å². The van der Waals surface area contributed by atoms with Crippen LogP contribution < -0.4 is 16.4 Å². The lowest BCUT2D eigenvalue weighted by molar-refractivity contribution is -0.129. The van der Waals surface area contributed by atoms with Crippen LogP contribution in [0.15, 0.2) is 0 Å². The zero-order valence-corrected chi connectivity index (χ0v) is 13.1. The minimum atomic E-state index is -0.613. The van der Waals surface area contributed by atoms with E-state index >= 15 is 0 Å². The minimum absolute atomic E-state index is 0.0909. The first-order valence-electron chi connectivity index (χ1n) is 6.72. The summed E-state index contributed by atoms with van der Waals surface area (Å²) in [5.74, 6) is -0.194. The molecule has 1 atom stereocenters. The second kappa shape index (κ2) is 6.89. The molecule has 0 aliphatic heterocycles. The third-order valence-corrected chi connectivity index (χ3v) is 2.89. The summed E-state index contributed by atoms with van der Waals surface area (Å²) in [6.07, 6.45) is 1.08. The lowest BCUT2D eigenvalue weighted by Gasteiger charge is -2.25. The van der Waals surface area contributed by atoms with E-state index in [4.69, 9.17) is 5.73 Å². The molecule has 0 fully saturated rings. The van der Waals surface area contributed by atoms with Crippen LogP contribution in [0, 0.1) is 10.8 Å². The Morgan fingerprint density at radius 3 is 2.11 bits per heavy atom. The largest absolute Gasteiger partial charge is 0.359 e. The summed E-state index contributed by atoms with van der Waals surface area (Å²) in [4.78, 5) is 23.3. The van der Waals surface area contributed by atoms with E-state index in [-0.39, 0.29) is 23.3 Å². The van der Waals surface area contributed by atoms with Gasteiger partial charge in [-0.05, 0) is 25.7 Å². The highest BCUT2D eigenvalue weighted by molar-refractivity contribution is 5.83. The van der Waals surface area contributed by atoms with E-state index in [1.165, 1.54) is 0 Å². The van der Waals surface area contributed by atoms with Crippen LogP contribution in [0.5, 0.6) is 0 Å². The van der Waals surface area contributed by atoms with Crippen molar-refractivity contribution in [1.82, 2.24) is 10.6 Å². The standard InChI is InChI=1S/C14H29N3O2/c1-13(2,3)8-10(15)7-11(18)17-9-14(4,5)12(19)16-6/h10H,7-9,15H2,1-6H3,(H,16,19)(H,17,18). The first-order valence-corrected chi connectivity index (χ1v) is 6.72. The molecule has 0 heterocycles. The van der Waals surface area contributed by atoms with Gasteiger partial charge in [0.05, 0.1) is 5.41 Å². The van der Waals surface area contributed by atoms with Gasteiger partial charge < -0.3 is 16.4 Å². The maximum atomic E-state index is 11.8. The Morgan fingerprint density at radius 1 is 1.16 bits per heavy atom. The predicted octanol–water partition coefficient (Wildman–Crippen LogP) is 1.03. The average molecular weight is 271 g/mol. The number of hydrogen-bond donors (Lipinski definition) is 3. The van der Waals surface area contributed by atoms with Crippen molar-refractivity contribution in [3.05, 3.63) is 0 Å². The van der Waals surface area contributed by atoms with Crippen LogP contribution in [0.4, 0.5) is 0 Å². The minimum Gasteiger partial charge on any atom is -0.359 e. The smallest absolute Gasteiger partial charge is 0.227 e. The van der Waals surface area contributed by atoms with Gasteiger partial charge in [-0.3, -0.25) is 9.59 Å². The number of nitrogens with two attached hydrogens (primary N) is 1. The Kier molecular flexibility index (Phi) is 6.49. The number of rotatable bonds is 6. The zero-order chi connectivity index (χ0) is 15.3. The van der Waals surface area contributed by atoms with E-state index in [9.17, 15) is 9.59 Å². The van der Waals surface area contributed by atoms with Crippen LogP contribution in [0.1, 0.15) is 47.5 Å². The van der Waals surface area contributed by atoms with Gasteiger partial charge in [0.2, 0.25) is 11.8 Å². The van der Waals surface area contributed by atoms with Crippen LogP contribution in [0.25, 0.3) is 0 Å². The molecule has 1 unspecified atom stereocenters. The Balaban J connectivity index is 4.16. The van der Waals surface area contributed by atoms with Gasteiger partial charge in [0, 0.05) is 26.1 Å². The monoisotopic (exact) mass is 271 g/mol. The maximum absolute atomic E-state index is 11.8. The summed E-state index contributed by atoms with van der Waals surface area (Å²) in [6.45, 7) is 10.2. The Bertz CT molecular complexity index is 319. The van der Waals surface area contributed by atoms with E-state index in [1.54, 1.807) is 20.9 Å². The number of carbonyl (C=O) groups is 2. The normalized spacial score (nSPS) is 13.8.